The third-order valence-electron chi connectivity index (χ3n) is 5.15. The van der Waals surface area contributed by atoms with Gasteiger partial charge in [0.05, 0.1) is 35.5 Å². The van der Waals surface area contributed by atoms with Crippen molar-refractivity contribution >= 4 is 50.9 Å². The molecule has 8 heteroatoms. The molecule has 168 valence electrons. The van der Waals surface area contributed by atoms with E-state index in [9.17, 15) is 14.7 Å². The molecule has 33 heavy (non-hydrogen) atoms. The third-order valence-corrected chi connectivity index (χ3v) is 5.15. The van der Waals surface area contributed by atoms with Crippen molar-refractivity contribution in [3.63, 3.8) is 0 Å². The van der Waals surface area contributed by atoms with Crippen LogP contribution in [0.25, 0.3) is 21.8 Å². The number of aromatic nitrogens is 1. The van der Waals surface area contributed by atoms with E-state index in [1.54, 1.807) is 38.2 Å². The Morgan fingerprint density at radius 1 is 1.00 bits per heavy atom. The number of hydrogen-bond donors (Lipinski definition) is 4. The summed E-state index contributed by atoms with van der Waals surface area (Å²) < 4.78 is 4.96. The molecule has 1 heterocycles. The highest BCUT2D eigenvalue weighted by molar-refractivity contribution is 6.14. The number of ether oxygens (including phenoxy) is 1. The van der Waals surface area contributed by atoms with Crippen LogP contribution in [0.5, 0.6) is 0 Å². The number of carbonyl (C=O) groups excluding carboxylic acids is 2. The smallest absolute Gasteiger partial charge is 0.411 e. The number of rotatable bonds is 6. The molecule has 0 bridgehead atoms. The van der Waals surface area contributed by atoms with E-state index in [-0.39, 0.29) is 19.1 Å². The third kappa shape index (κ3) is 4.56. The van der Waals surface area contributed by atoms with Crippen LogP contribution in [0.4, 0.5) is 21.9 Å². The summed E-state index contributed by atoms with van der Waals surface area (Å²) in [7, 11) is 1.58. The SMILES string of the molecule is CCOC(=O)Nc1cc(CO)cc(Nc2c3ccccc3nc3c(C(=O)NC)cccc23)c1. The number of nitrogens with one attached hydrogen (secondary N) is 3. The molecule has 0 aliphatic heterocycles. The minimum atomic E-state index is -0.575. The molecule has 0 unspecified atom stereocenters. The molecule has 4 rings (SSSR count). The summed E-state index contributed by atoms with van der Waals surface area (Å²) in [5, 5.41) is 20.1. The van der Waals surface area contributed by atoms with Crippen molar-refractivity contribution in [3.8, 4) is 0 Å². The van der Waals surface area contributed by atoms with Crippen molar-refractivity contribution in [1.82, 2.24) is 10.3 Å². The number of aliphatic hydroxyl groups is 1. The fourth-order valence-electron chi connectivity index (χ4n) is 3.72. The average molecular weight is 444 g/mol. The van der Waals surface area contributed by atoms with Crippen molar-refractivity contribution in [2.45, 2.75) is 13.5 Å². The van der Waals surface area contributed by atoms with Gasteiger partial charge in [0.1, 0.15) is 0 Å². The number of anilines is 3. The molecule has 4 aromatic rings. The highest BCUT2D eigenvalue weighted by Gasteiger charge is 2.16. The number of benzene rings is 3. The fourth-order valence-corrected chi connectivity index (χ4v) is 3.72. The molecule has 0 aliphatic rings. The zero-order chi connectivity index (χ0) is 23.4. The molecular formula is C25H24N4O4. The Kier molecular flexibility index (Phi) is 6.37. The van der Waals surface area contributed by atoms with Crippen molar-refractivity contribution < 1.29 is 19.4 Å². The Balaban J connectivity index is 1.87. The predicted octanol–water partition coefficient (Wildman–Crippen LogP) is 4.55. The van der Waals surface area contributed by atoms with Crippen LogP contribution in [0.15, 0.2) is 60.7 Å². The van der Waals surface area contributed by atoms with Gasteiger partial charge in [0.2, 0.25) is 0 Å². The topological polar surface area (TPSA) is 113 Å². The Hall–Kier alpha value is -4.17. The first-order chi connectivity index (χ1) is 16.0. The standard InChI is InChI=1S/C25H24N4O4/c1-3-33-25(32)28-17-12-15(14-30)11-16(13-17)27-22-18-7-4-5-10-21(18)29-23-19(22)8-6-9-20(23)24(31)26-2/h4-13,30H,3,14H2,1-2H3,(H,26,31)(H,27,29)(H,28,32). The van der Waals surface area contributed by atoms with Gasteiger partial charge in [-0.15, -0.1) is 0 Å². The van der Waals surface area contributed by atoms with E-state index >= 15 is 0 Å². The lowest BCUT2D eigenvalue weighted by Gasteiger charge is -2.16. The molecule has 0 atom stereocenters. The lowest BCUT2D eigenvalue weighted by Crippen LogP contribution is -2.18. The number of pyridine rings is 1. The molecule has 3 aromatic carbocycles. The first-order valence-corrected chi connectivity index (χ1v) is 10.5. The average Bonchev–Trinajstić information content (AvgIpc) is 2.83. The fraction of sp³-hybridized carbons (Fsp3) is 0.160. The lowest BCUT2D eigenvalue weighted by molar-refractivity contribution is 0.0964. The van der Waals surface area contributed by atoms with Crippen LogP contribution in [-0.2, 0) is 11.3 Å². The predicted molar refractivity (Wildman–Crippen MR) is 129 cm³/mol. The van der Waals surface area contributed by atoms with Crippen LogP contribution in [0.1, 0.15) is 22.8 Å². The van der Waals surface area contributed by atoms with Crippen molar-refractivity contribution in [3.05, 3.63) is 71.8 Å². The van der Waals surface area contributed by atoms with E-state index < -0.39 is 6.09 Å². The van der Waals surface area contributed by atoms with Gasteiger partial charge in [-0.1, -0.05) is 30.3 Å². The van der Waals surface area contributed by atoms with Crippen LogP contribution in [0.3, 0.4) is 0 Å². The van der Waals surface area contributed by atoms with Gasteiger partial charge in [-0.3, -0.25) is 10.1 Å². The van der Waals surface area contributed by atoms with Gasteiger partial charge in [0.25, 0.3) is 5.91 Å². The van der Waals surface area contributed by atoms with Gasteiger partial charge < -0.3 is 20.5 Å². The molecule has 1 aromatic heterocycles. The van der Waals surface area contributed by atoms with Crippen LogP contribution in [0.2, 0.25) is 0 Å². The molecule has 0 radical (unpaired) electrons. The Morgan fingerprint density at radius 2 is 1.76 bits per heavy atom. The van der Waals surface area contributed by atoms with Gasteiger partial charge in [-0.05, 0) is 42.8 Å². The highest BCUT2D eigenvalue weighted by atomic mass is 16.5. The molecule has 0 aliphatic carbocycles. The number of para-hydroxylation sites is 2. The van der Waals surface area contributed by atoms with E-state index in [1.165, 1.54) is 0 Å². The van der Waals surface area contributed by atoms with E-state index in [1.807, 2.05) is 36.4 Å². The quantitative estimate of drug-likeness (QED) is 0.325. The van der Waals surface area contributed by atoms with Crippen LogP contribution in [0, 0.1) is 0 Å². The highest BCUT2D eigenvalue weighted by Crippen LogP contribution is 2.35. The van der Waals surface area contributed by atoms with Crippen molar-refractivity contribution in [2.24, 2.45) is 0 Å². The lowest BCUT2D eigenvalue weighted by atomic mass is 10.0. The van der Waals surface area contributed by atoms with E-state index in [4.69, 9.17) is 9.72 Å². The Morgan fingerprint density at radius 3 is 2.52 bits per heavy atom. The molecule has 0 fully saturated rings. The van der Waals surface area contributed by atoms with Crippen LogP contribution < -0.4 is 16.0 Å². The normalized spacial score (nSPS) is 10.8. The second-order valence-corrected chi connectivity index (χ2v) is 7.33. The summed E-state index contributed by atoms with van der Waals surface area (Å²) in [5.41, 5.74) is 4.28. The summed E-state index contributed by atoms with van der Waals surface area (Å²) in [6.45, 7) is 1.77. The number of fused-ring (bicyclic) bond motifs is 2. The monoisotopic (exact) mass is 444 g/mol. The maximum absolute atomic E-state index is 12.5. The number of carbonyl (C=O) groups is 2. The molecule has 2 amide bonds. The minimum absolute atomic E-state index is 0.203. The first kappa shape index (κ1) is 22.0. The van der Waals surface area contributed by atoms with Gasteiger partial charge in [-0.25, -0.2) is 9.78 Å². The molecule has 0 spiro atoms. The molecule has 4 N–H and O–H groups in total. The molecule has 8 nitrogen and oxygen atoms in total. The Labute approximate surface area is 190 Å². The van der Waals surface area contributed by atoms with Gasteiger partial charge in [0.15, 0.2) is 0 Å². The number of hydrogen-bond acceptors (Lipinski definition) is 6. The van der Waals surface area contributed by atoms with E-state index in [0.29, 0.717) is 28.0 Å². The summed E-state index contributed by atoms with van der Waals surface area (Å²) in [4.78, 5) is 29.1. The van der Waals surface area contributed by atoms with Gasteiger partial charge in [-0.2, -0.15) is 0 Å². The van der Waals surface area contributed by atoms with Crippen molar-refractivity contribution in [2.75, 3.05) is 24.3 Å². The molecule has 0 saturated heterocycles. The number of nitrogens with zero attached hydrogens (tertiary/aromatic N) is 1. The summed E-state index contributed by atoms with van der Waals surface area (Å²) >= 11 is 0. The van der Waals surface area contributed by atoms with E-state index in [0.717, 1.165) is 22.0 Å². The largest absolute Gasteiger partial charge is 0.450 e. The Bertz CT molecular complexity index is 1350. The summed E-state index contributed by atoms with van der Waals surface area (Å²) in [6, 6.07) is 18.3. The number of amides is 2. The van der Waals surface area contributed by atoms with Gasteiger partial charge in [0, 0.05) is 29.2 Å². The second-order valence-electron chi connectivity index (χ2n) is 7.33. The first-order valence-electron chi connectivity index (χ1n) is 10.5. The number of aliphatic hydroxyl groups excluding tert-OH is 1. The minimum Gasteiger partial charge on any atom is -0.450 e. The van der Waals surface area contributed by atoms with Crippen LogP contribution >= 0.6 is 0 Å². The van der Waals surface area contributed by atoms with Crippen molar-refractivity contribution in [1.29, 1.82) is 0 Å². The van der Waals surface area contributed by atoms with Crippen LogP contribution in [-0.4, -0.2) is 35.7 Å². The summed E-state index contributed by atoms with van der Waals surface area (Å²) in [6.07, 6.45) is -0.575. The second kappa shape index (κ2) is 9.54. The van der Waals surface area contributed by atoms with Gasteiger partial charge >= 0.3 is 6.09 Å². The molecular weight excluding hydrogens is 420 g/mol. The molecule has 0 saturated carbocycles. The maximum Gasteiger partial charge on any atom is 0.411 e. The van der Waals surface area contributed by atoms with E-state index in [2.05, 4.69) is 16.0 Å². The summed E-state index contributed by atoms with van der Waals surface area (Å²) in [5.74, 6) is -0.225. The zero-order valence-corrected chi connectivity index (χ0v) is 18.3. The zero-order valence-electron chi connectivity index (χ0n) is 18.3. The maximum atomic E-state index is 12.5.